The smallest absolute Gasteiger partial charge is 0.271 e. The second-order valence-electron chi connectivity index (χ2n) is 6.11. The number of fused-ring (bicyclic) bond motifs is 1. The summed E-state index contributed by atoms with van der Waals surface area (Å²) in [6, 6.07) is 26.7. The molecule has 4 rings (SSSR count). The molecule has 27 heavy (non-hydrogen) atoms. The van der Waals surface area contributed by atoms with Crippen LogP contribution in [0.1, 0.15) is 21.7 Å². The third-order valence-corrected chi connectivity index (χ3v) is 4.21. The van der Waals surface area contributed by atoms with Crippen molar-refractivity contribution < 1.29 is 4.79 Å². The van der Waals surface area contributed by atoms with E-state index >= 15 is 0 Å². The van der Waals surface area contributed by atoms with Gasteiger partial charge in [0.1, 0.15) is 5.82 Å². The molecule has 0 atom stereocenters. The molecule has 4 aromatic rings. The zero-order valence-corrected chi connectivity index (χ0v) is 14.6. The van der Waals surface area contributed by atoms with Crippen LogP contribution >= 0.6 is 0 Å². The lowest BCUT2D eigenvalue weighted by molar-refractivity contribution is 0.0955. The van der Waals surface area contributed by atoms with Crippen LogP contribution in [0.5, 0.6) is 0 Å². The van der Waals surface area contributed by atoms with E-state index in [0.717, 1.165) is 28.1 Å². The van der Waals surface area contributed by atoms with Crippen molar-refractivity contribution in [3.05, 3.63) is 102 Å². The molecule has 0 aliphatic carbocycles. The van der Waals surface area contributed by atoms with Gasteiger partial charge in [-0.1, -0.05) is 60.7 Å². The molecule has 1 heterocycles. The van der Waals surface area contributed by atoms with Gasteiger partial charge in [-0.25, -0.2) is 10.4 Å². The van der Waals surface area contributed by atoms with Gasteiger partial charge in [-0.05, 0) is 29.8 Å². The van der Waals surface area contributed by atoms with Crippen molar-refractivity contribution >= 4 is 22.7 Å². The number of H-pyrrole nitrogens is 1. The third-order valence-electron chi connectivity index (χ3n) is 4.21. The Morgan fingerprint density at radius 3 is 2.19 bits per heavy atom. The molecule has 0 bridgehead atoms. The number of rotatable bonds is 5. The topological polar surface area (TPSA) is 70.1 Å². The van der Waals surface area contributed by atoms with Crippen molar-refractivity contribution in [3.8, 4) is 0 Å². The van der Waals surface area contributed by atoms with Gasteiger partial charge in [0.25, 0.3) is 5.91 Å². The Morgan fingerprint density at radius 2 is 1.48 bits per heavy atom. The summed E-state index contributed by atoms with van der Waals surface area (Å²) >= 11 is 0. The average molecular weight is 354 g/mol. The lowest BCUT2D eigenvalue weighted by atomic mass is 10.1. The lowest BCUT2D eigenvalue weighted by Gasteiger charge is -2.06. The first-order chi connectivity index (χ1) is 13.3. The number of nitrogens with one attached hydrogen (secondary N) is 2. The highest BCUT2D eigenvalue weighted by atomic mass is 16.2. The Balaban J connectivity index is 1.62. The van der Waals surface area contributed by atoms with Gasteiger partial charge >= 0.3 is 0 Å². The lowest BCUT2D eigenvalue weighted by Crippen LogP contribution is -2.21. The van der Waals surface area contributed by atoms with E-state index in [0.29, 0.717) is 12.0 Å². The molecule has 2 N–H and O–H groups in total. The molecule has 0 fully saturated rings. The summed E-state index contributed by atoms with van der Waals surface area (Å²) < 4.78 is 0. The van der Waals surface area contributed by atoms with E-state index in [1.54, 1.807) is 12.1 Å². The number of benzene rings is 3. The largest absolute Gasteiger partial charge is 0.342 e. The maximum atomic E-state index is 12.3. The molecule has 0 spiro atoms. The molecule has 0 aliphatic rings. The first-order valence-corrected chi connectivity index (χ1v) is 8.70. The van der Waals surface area contributed by atoms with Crippen LogP contribution in [0.2, 0.25) is 0 Å². The first kappa shape index (κ1) is 16.7. The van der Waals surface area contributed by atoms with Gasteiger partial charge in [0.2, 0.25) is 0 Å². The predicted molar refractivity (Wildman–Crippen MR) is 107 cm³/mol. The monoisotopic (exact) mass is 354 g/mol. The second-order valence-corrected chi connectivity index (χ2v) is 6.11. The van der Waals surface area contributed by atoms with Gasteiger partial charge in [-0.2, -0.15) is 5.10 Å². The highest BCUT2D eigenvalue weighted by Gasteiger charge is 2.11. The quantitative estimate of drug-likeness (QED) is 0.421. The molecule has 0 saturated heterocycles. The van der Waals surface area contributed by atoms with Gasteiger partial charge in [0, 0.05) is 5.56 Å². The van der Waals surface area contributed by atoms with Crippen LogP contribution in [0.25, 0.3) is 11.0 Å². The van der Waals surface area contributed by atoms with E-state index in [1.165, 1.54) is 0 Å². The zero-order valence-electron chi connectivity index (χ0n) is 14.6. The molecule has 5 nitrogen and oxygen atoms in total. The summed E-state index contributed by atoms with van der Waals surface area (Å²) in [4.78, 5) is 20.3. The molecule has 0 aliphatic heterocycles. The van der Waals surface area contributed by atoms with Crippen molar-refractivity contribution in [2.24, 2.45) is 5.10 Å². The van der Waals surface area contributed by atoms with Crippen molar-refractivity contribution in [1.82, 2.24) is 15.4 Å². The summed E-state index contributed by atoms with van der Waals surface area (Å²) in [5, 5.41) is 4.39. The Labute approximate surface area is 156 Å². The van der Waals surface area contributed by atoms with E-state index in [2.05, 4.69) is 20.5 Å². The molecular formula is C22H18N4O. The van der Waals surface area contributed by atoms with Crippen molar-refractivity contribution in [2.45, 2.75) is 6.42 Å². The number of carbonyl (C=O) groups excluding carboxylic acids is 1. The molecule has 132 valence electrons. The highest BCUT2D eigenvalue weighted by Crippen LogP contribution is 2.13. The summed E-state index contributed by atoms with van der Waals surface area (Å²) in [6.07, 6.45) is 0.480. The molecule has 0 radical (unpaired) electrons. The maximum Gasteiger partial charge on any atom is 0.271 e. The molecule has 5 heteroatoms. The van der Waals surface area contributed by atoms with Crippen molar-refractivity contribution in [1.29, 1.82) is 0 Å². The minimum absolute atomic E-state index is 0.242. The SMILES string of the molecule is O=C(N/N=C(\Cc1nc2ccccc2[nH]1)c1ccccc1)c1ccccc1. The summed E-state index contributed by atoms with van der Waals surface area (Å²) in [5.74, 6) is 0.557. The molecular weight excluding hydrogens is 336 g/mol. The molecule has 0 unspecified atom stereocenters. The van der Waals surface area contributed by atoms with Crippen LogP contribution in [0.4, 0.5) is 0 Å². The minimum Gasteiger partial charge on any atom is -0.342 e. The first-order valence-electron chi connectivity index (χ1n) is 8.70. The predicted octanol–water partition coefficient (Wildman–Crippen LogP) is 3.94. The summed E-state index contributed by atoms with van der Waals surface area (Å²) in [7, 11) is 0. The van der Waals surface area contributed by atoms with Crippen molar-refractivity contribution in [2.75, 3.05) is 0 Å². The van der Waals surface area contributed by atoms with Crippen LogP contribution in [-0.4, -0.2) is 21.6 Å². The van der Waals surface area contributed by atoms with Crippen LogP contribution < -0.4 is 5.43 Å². The van der Waals surface area contributed by atoms with Crippen LogP contribution in [-0.2, 0) is 6.42 Å². The minimum atomic E-state index is -0.242. The number of aromatic nitrogens is 2. The number of hydrazone groups is 1. The Morgan fingerprint density at radius 1 is 0.852 bits per heavy atom. The highest BCUT2D eigenvalue weighted by molar-refractivity contribution is 6.03. The van der Waals surface area contributed by atoms with Gasteiger partial charge in [-0.15, -0.1) is 0 Å². The summed E-state index contributed by atoms with van der Waals surface area (Å²) in [5.41, 5.74) is 6.79. The Hall–Kier alpha value is -3.73. The fourth-order valence-corrected chi connectivity index (χ4v) is 2.86. The van der Waals surface area contributed by atoms with E-state index < -0.39 is 0 Å². The van der Waals surface area contributed by atoms with E-state index in [-0.39, 0.29) is 5.91 Å². The van der Waals surface area contributed by atoms with Gasteiger partial charge in [0.15, 0.2) is 0 Å². The van der Waals surface area contributed by atoms with Crippen LogP contribution in [0.15, 0.2) is 90.0 Å². The fourth-order valence-electron chi connectivity index (χ4n) is 2.86. The third kappa shape index (κ3) is 3.93. The number of aromatic amines is 1. The van der Waals surface area contributed by atoms with E-state index in [9.17, 15) is 4.79 Å². The molecule has 0 saturated carbocycles. The number of nitrogens with zero attached hydrogens (tertiary/aromatic N) is 2. The molecule has 3 aromatic carbocycles. The van der Waals surface area contributed by atoms with Gasteiger partial charge < -0.3 is 4.98 Å². The summed E-state index contributed by atoms with van der Waals surface area (Å²) in [6.45, 7) is 0. The molecule has 1 aromatic heterocycles. The average Bonchev–Trinajstić information content (AvgIpc) is 3.14. The standard InChI is InChI=1S/C22H18N4O/c27-22(17-11-5-2-6-12-17)26-25-20(16-9-3-1-4-10-16)15-21-23-18-13-7-8-14-19(18)24-21/h1-14H,15H2,(H,23,24)(H,26,27)/b25-20+. The zero-order chi connectivity index (χ0) is 18.5. The number of carbonyl (C=O) groups is 1. The van der Waals surface area contributed by atoms with Gasteiger partial charge in [0.05, 0.1) is 23.2 Å². The number of amides is 1. The van der Waals surface area contributed by atoms with Crippen LogP contribution in [0, 0.1) is 0 Å². The molecule has 1 amide bonds. The fraction of sp³-hybridized carbons (Fsp3) is 0.0455. The van der Waals surface area contributed by atoms with E-state index in [1.807, 2.05) is 72.8 Å². The Bertz CT molecular complexity index is 1050. The van der Waals surface area contributed by atoms with E-state index in [4.69, 9.17) is 0 Å². The normalized spacial score (nSPS) is 11.5. The maximum absolute atomic E-state index is 12.3. The van der Waals surface area contributed by atoms with Crippen LogP contribution in [0.3, 0.4) is 0 Å². The van der Waals surface area contributed by atoms with Crippen molar-refractivity contribution in [3.63, 3.8) is 0 Å². The van der Waals surface area contributed by atoms with Gasteiger partial charge in [-0.3, -0.25) is 4.79 Å². The number of hydrogen-bond acceptors (Lipinski definition) is 3. The second kappa shape index (κ2) is 7.66. The number of imidazole rings is 1. The Kier molecular flexibility index (Phi) is 4.74. The number of para-hydroxylation sites is 2. The number of hydrogen-bond donors (Lipinski definition) is 2.